The molecule has 3 heterocycles. The van der Waals surface area contributed by atoms with Crippen LogP contribution in [0.15, 0.2) is 33.2 Å². The smallest absolute Gasteiger partial charge is 0.253 e. The Morgan fingerprint density at radius 1 is 1.20 bits per heavy atom. The molecule has 0 radical (unpaired) electrons. The molecule has 1 fully saturated rings. The molecular weight excluding hydrogens is 382 g/mol. The SMILES string of the molecule is NC(=O)c1ccsc1NC(=O)[C@@H]1CCCCN1S(=O)(=O)c1cccs1. The highest BCUT2D eigenvalue weighted by Gasteiger charge is 2.38. The third kappa shape index (κ3) is 3.61. The fourth-order valence-corrected chi connectivity index (χ4v) is 6.35. The molecule has 0 bridgehead atoms. The van der Waals surface area contributed by atoms with Gasteiger partial charge in [0.25, 0.3) is 15.9 Å². The molecule has 3 N–H and O–H groups in total. The van der Waals surface area contributed by atoms with Crippen molar-refractivity contribution < 1.29 is 18.0 Å². The van der Waals surface area contributed by atoms with Gasteiger partial charge in [0.05, 0.1) is 5.56 Å². The van der Waals surface area contributed by atoms with Gasteiger partial charge in [0.2, 0.25) is 5.91 Å². The molecule has 7 nitrogen and oxygen atoms in total. The molecule has 1 atom stereocenters. The minimum atomic E-state index is -3.72. The Hall–Kier alpha value is -1.75. The Morgan fingerprint density at radius 3 is 2.68 bits per heavy atom. The van der Waals surface area contributed by atoms with Crippen LogP contribution in [-0.4, -0.2) is 37.1 Å². The largest absolute Gasteiger partial charge is 0.366 e. The van der Waals surface area contributed by atoms with E-state index in [9.17, 15) is 18.0 Å². The zero-order chi connectivity index (χ0) is 18.0. The molecule has 0 unspecified atom stereocenters. The van der Waals surface area contributed by atoms with Crippen molar-refractivity contribution in [3.8, 4) is 0 Å². The van der Waals surface area contributed by atoms with Crippen molar-refractivity contribution in [1.82, 2.24) is 4.31 Å². The van der Waals surface area contributed by atoms with E-state index >= 15 is 0 Å². The van der Waals surface area contributed by atoms with Crippen LogP contribution in [0.4, 0.5) is 5.00 Å². The number of nitrogens with zero attached hydrogens (tertiary/aromatic N) is 1. The maximum atomic E-state index is 12.8. The minimum absolute atomic E-state index is 0.223. The highest BCUT2D eigenvalue weighted by molar-refractivity contribution is 7.91. The molecule has 1 saturated heterocycles. The number of piperidine rings is 1. The summed E-state index contributed by atoms with van der Waals surface area (Å²) >= 11 is 2.31. The lowest BCUT2D eigenvalue weighted by molar-refractivity contribution is -0.120. The zero-order valence-electron chi connectivity index (χ0n) is 13.2. The Morgan fingerprint density at radius 2 is 2.00 bits per heavy atom. The van der Waals surface area contributed by atoms with Gasteiger partial charge in [0, 0.05) is 6.54 Å². The van der Waals surface area contributed by atoms with Gasteiger partial charge in [-0.25, -0.2) is 8.42 Å². The van der Waals surface area contributed by atoms with Gasteiger partial charge in [-0.15, -0.1) is 22.7 Å². The monoisotopic (exact) mass is 399 g/mol. The van der Waals surface area contributed by atoms with Crippen molar-refractivity contribution in [1.29, 1.82) is 0 Å². The molecule has 2 amide bonds. The van der Waals surface area contributed by atoms with Gasteiger partial charge in [0.1, 0.15) is 15.3 Å². The van der Waals surface area contributed by atoms with Gasteiger partial charge in [-0.2, -0.15) is 4.31 Å². The van der Waals surface area contributed by atoms with E-state index in [-0.39, 0.29) is 9.77 Å². The van der Waals surface area contributed by atoms with Crippen LogP contribution in [0, 0.1) is 0 Å². The quantitative estimate of drug-likeness (QED) is 0.802. The van der Waals surface area contributed by atoms with Crippen molar-refractivity contribution in [2.75, 3.05) is 11.9 Å². The summed E-state index contributed by atoms with van der Waals surface area (Å²) in [6.07, 6.45) is 1.91. The summed E-state index contributed by atoms with van der Waals surface area (Å²) in [5.74, 6) is -1.08. The Bertz CT molecular complexity index is 874. The summed E-state index contributed by atoms with van der Waals surface area (Å²) in [7, 11) is -3.72. The number of hydrogen-bond acceptors (Lipinski definition) is 6. The summed E-state index contributed by atoms with van der Waals surface area (Å²) in [6, 6.07) is 3.93. The van der Waals surface area contributed by atoms with Crippen LogP contribution >= 0.6 is 22.7 Å². The Balaban J connectivity index is 1.85. The van der Waals surface area contributed by atoms with E-state index in [0.29, 0.717) is 24.4 Å². The molecule has 2 aromatic rings. The van der Waals surface area contributed by atoms with E-state index in [1.54, 1.807) is 16.8 Å². The molecule has 0 saturated carbocycles. The Kier molecular flexibility index (Phi) is 5.23. The molecule has 3 rings (SSSR count). The zero-order valence-corrected chi connectivity index (χ0v) is 15.6. The van der Waals surface area contributed by atoms with E-state index in [1.807, 2.05) is 0 Å². The molecule has 25 heavy (non-hydrogen) atoms. The molecule has 1 aliphatic rings. The van der Waals surface area contributed by atoms with Gasteiger partial charge >= 0.3 is 0 Å². The van der Waals surface area contributed by atoms with Crippen LogP contribution in [0.1, 0.15) is 29.6 Å². The number of carbonyl (C=O) groups is 2. The van der Waals surface area contributed by atoms with E-state index < -0.39 is 27.9 Å². The van der Waals surface area contributed by atoms with Gasteiger partial charge in [-0.05, 0) is 35.7 Å². The topological polar surface area (TPSA) is 110 Å². The lowest BCUT2D eigenvalue weighted by Crippen LogP contribution is -2.49. The summed E-state index contributed by atoms with van der Waals surface area (Å²) < 4.78 is 27.1. The standard InChI is InChI=1S/C15H17N3O4S3/c16-13(19)10-6-9-24-15(10)17-14(20)11-4-1-2-7-18(11)25(21,22)12-5-3-8-23-12/h3,5-6,8-9,11H,1-2,4,7H2,(H2,16,19)(H,17,20)/t11-/m0/s1. The lowest BCUT2D eigenvalue weighted by atomic mass is 10.0. The number of amides is 2. The molecule has 2 aromatic heterocycles. The van der Waals surface area contributed by atoms with E-state index in [0.717, 1.165) is 17.8 Å². The minimum Gasteiger partial charge on any atom is -0.366 e. The van der Waals surface area contributed by atoms with Crippen molar-refractivity contribution in [2.24, 2.45) is 5.73 Å². The van der Waals surface area contributed by atoms with Crippen molar-refractivity contribution in [2.45, 2.75) is 29.5 Å². The third-order valence-corrected chi connectivity index (χ3v) is 8.09. The van der Waals surface area contributed by atoms with Crippen molar-refractivity contribution in [3.63, 3.8) is 0 Å². The maximum absolute atomic E-state index is 12.8. The molecule has 0 spiro atoms. The van der Waals surface area contributed by atoms with Crippen LogP contribution in [-0.2, 0) is 14.8 Å². The van der Waals surface area contributed by atoms with Crippen LogP contribution < -0.4 is 11.1 Å². The predicted molar refractivity (Wildman–Crippen MR) is 97.3 cm³/mol. The number of nitrogens with one attached hydrogen (secondary N) is 1. The highest BCUT2D eigenvalue weighted by atomic mass is 32.2. The summed E-state index contributed by atoms with van der Waals surface area (Å²) in [6.45, 7) is 0.297. The highest BCUT2D eigenvalue weighted by Crippen LogP contribution is 2.29. The molecule has 0 aromatic carbocycles. The second-order valence-electron chi connectivity index (χ2n) is 5.58. The number of primary amides is 1. The average molecular weight is 400 g/mol. The molecule has 1 aliphatic heterocycles. The van der Waals surface area contributed by atoms with Crippen molar-refractivity contribution in [3.05, 3.63) is 34.5 Å². The summed E-state index contributed by atoms with van der Waals surface area (Å²) in [5, 5.41) is 6.35. The van der Waals surface area contributed by atoms with Crippen LogP contribution in [0.3, 0.4) is 0 Å². The first-order valence-electron chi connectivity index (χ1n) is 7.65. The first kappa shape index (κ1) is 18.1. The third-order valence-electron chi connectivity index (χ3n) is 3.98. The fraction of sp³-hybridized carbons (Fsp3) is 0.333. The predicted octanol–water partition coefficient (Wildman–Crippen LogP) is 2.09. The first-order valence-corrected chi connectivity index (χ1v) is 10.8. The molecule has 0 aliphatic carbocycles. The number of carbonyl (C=O) groups excluding carboxylic acids is 2. The summed E-state index contributed by atoms with van der Waals surface area (Å²) in [4.78, 5) is 24.1. The molecule has 134 valence electrons. The normalized spacial score (nSPS) is 18.8. The van der Waals surface area contributed by atoms with Gasteiger partial charge in [-0.1, -0.05) is 12.5 Å². The van der Waals surface area contributed by atoms with Gasteiger partial charge < -0.3 is 11.1 Å². The fourth-order valence-electron chi connectivity index (χ4n) is 2.78. The second-order valence-corrected chi connectivity index (χ2v) is 9.56. The van der Waals surface area contributed by atoms with E-state index in [2.05, 4.69) is 5.32 Å². The van der Waals surface area contributed by atoms with Gasteiger partial charge in [0.15, 0.2) is 0 Å². The number of nitrogens with two attached hydrogens (primary N) is 1. The van der Waals surface area contributed by atoms with Crippen LogP contribution in [0.5, 0.6) is 0 Å². The Labute approximate surface area is 153 Å². The van der Waals surface area contributed by atoms with Crippen LogP contribution in [0.2, 0.25) is 0 Å². The number of hydrogen-bond donors (Lipinski definition) is 2. The first-order chi connectivity index (χ1) is 11.9. The van der Waals surface area contributed by atoms with Crippen LogP contribution in [0.25, 0.3) is 0 Å². The second kappa shape index (κ2) is 7.24. The molecule has 10 heteroatoms. The van der Waals surface area contributed by atoms with E-state index in [4.69, 9.17) is 5.73 Å². The number of anilines is 1. The number of sulfonamides is 1. The molecular formula is C15H17N3O4S3. The number of thiophene rings is 2. The number of rotatable bonds is 5. The van der Waals surface area contributed by atoms with E-state index in [1.165, 1.54) is 27.8 Å². The van der Waals surface area contributed by atoms with Gasteiger partial charge in [-0.3, -0.25) is 9.59 Å². The lowest BCUT2D eigenvalue weighted by Gasteiger charge is -2.33. The maximum Gasteiger partial charge on any atom is 0.253 e. The average Bonchev–Trinajstić information content (AvgIpc) is 3.26. The summed E-state index contributed by atoms with van der Waals surface area (Å²) in [5.41, 5.74) is 5.51. The van der Waals surface area contributed by atoms with Crippen molar-refractivity contribution >= 4 is 49.5 Å².